The third-order valence-corrected chi connectivity index (χ3v) is 5.60. The van der Waals surface area contributed by atoms with Crippen LogP contribution in [0, 0.1) is 5.92 Å². The molecule has 8 nitrogen and oxygen atoms in total. The van der Waals surface area contributed by atoms with E-state index in [0.29, 0.717) is 5.57 Å². The molecule has 1 fully saturated rings. The molecular formula is C22H26O8. The van der Waals surface area contributed by atoms with Crippen LogP contribution in [0.1, 0.15) is 34.1 Å². The van der Waals surface area contributed by atoms with Gasteiger partial charge in [-0.25, -0.2) is 9.59 Å². The molecule has 1 saturated heterocycles. The van der Waals surface area contributed by atoms with Crippen LogP contribution in [-0.4, -0.2) is 53.2 Å². The van der Waals surface area contributed by atoms with Gasteiger partial charge in [-0.15, -0.1) is 0 Å². The lowest BCUT2D eigenvalue weighted by Crippen LogP contribution is -2.41. The smallest absolute Gasteiger partial charge is 0.337 e. The van der Waals surface area contributed by atoms with Crippen LogP contribution in [0.3, 0.4) is 0 Å². The normalized spacial score (nSPS) is 37.3. The number of carbonyl (C=O) groups is 3. The number of aliphatic hydroxyl groups is 1. The molecule has 0 spiro atoms. The molecule has 3 aliphatic rings. The molecule has 0 aliphatic carbocycles. The molecule has 2 bridgehead atoms. The predicted molar refractivity (Wildman–Crippen MR) is 105 cm³/mol. The Kier molecular flexibility index (Phi) is 5.75. The van der Waals surface area contributed by atoms with E-state index in [1.807, 2.05) is 0 Å². The number of allylic oxidation sites excluding steroid dienone is 1. The summed E-state index contributed by atoms with van der Waals surface area (Å²) in [5.41, 5.74) is -0.160. The van der Waals surface area contributed by atoms with Gasteiger partial charge in [0.05, 0.1) is 17.1 Å². The van der Waals surface area contributed by atoms with Crippen molar-refractivity contribution in [1.29, 1.82) is 0 Å². The summed E-state index contributed by atoms with van der Waals surface area (Å²) in [5.74, 6) is -4.08. The van der Waals surface area contributed by atoms with Gasteiger partial charge in [0, 0.05) is 18.9 Å². The maximum Gasteiger partial charge on any atom is 0.337 e. The van der Waals surface area contributed by atoms with Gasteiger partial charge in [0.1, 0.15) is 18.8 Å². The van der Waals surface area contributed by atoms with Crippen LogP contribution in [0.5, 0.6) is 0 Å². The minimum Gasteiger partial charge on any atom is -0.461 e. The molecule has 3 heterocycles. The van der Waals surface area contributed by atoms with Gasteiger partial charge >= 0.3 is 17.9 Å². The Hall–Kier alpha value is -2.71. The van der Waals surface area contributed by atoms with Gasteiger partial charge in [0.2, 0.25) is 5.79 Å². The van der Waals surface area contributed by atoms with Crippen molar-refractivity contribution in [2.45, 2.75) is 57.7 Å². The molecule has 0 unspecified atom stereocenters. The van der Waals surface area contributed by atoms with Gasteiger partial charge in [-0.3, -0.25) is 4.79 Å². The maximum absolute atomic E-state index is 12.8. The molecular weight excluding hydrogens is 392 g/mol. The van der Waals surface area contributed by atoms with E-state index in [4.69, 9.17) is 18.9 Å². The van der Waals surface area contributed by atoms with Gasteiger partial charge in [-0.1, -0.05) is 18.7 Å². The first-order chi connectivity index (χ1) is 14.0. The monoisotopic (exact) mass is 418 g/mol. The van der Waals surface area contributed by atoms with Crippen molar-refractivity contribution in [1.82, 2.24) is 0 Å². The summed E-state index contributed by atoms with van der Waals surface area (Å²) >= 11 is 0. The SMILES string of the molecule is C=C1C(=O)O[C@@H]2/C=C(/C)[C@@]3(O)C=C[C@@](C)(C[C@@H](OC(=O)/C(=C\C)COC(C)=O)[C@@H]12)O3. The van der Waals surface area contributed by atoms with Crippen LogP contribution in [0.25, 0.3) is 0 Å². The third-order valence-electron chi connectivity index (χ3n) is 5.60. The standard InChI is InChI=1S/C22H26O8/c1-6-15(11-27-14(4)23)20(25)29-17-10-21(5)7-8-22(26,30-21)12(2)9-16-18(17)13(3)19(24)28-16/h6-9,16-18,26H,3,10-11H2,1-2,4-5H3/b12-9-,15-6-/t16-,17-,18+,21+,22-/m1/s1. The lowest BCUT2D eigenvalue weighted by Gasteiger charge is -2.33. The predicted octanol–water partition coefficient (Wildman–Crippen LogP) is 1.89. The van der Waals surface area contributed by atoms with Gasteiger partial charge in [0.25, 0.3) is 0 Å². The van der Waals surface area contributed by atoms with Crippen molar-refractivity contribution in [2.75, 3.05) is 6.61 Å². The highest BCUT2D eigenvalue weighted by Crippen LogP contribution is 2.44. The number of hydrogen-bond donors (Lipinski definition) is 1. The number of fused-ring (bicyclic) bond motifs is 3. The quantitative estimate of drug-likeness (QED) is 0.319. The largest absolute Gasteiger partial charge is 0.461 e. The molecule has 0 aromatic carbocycles. The maximum atomic E-state index is 12.8. The minimum absolute atomic E-state index is 0.153. The highest BCUT2D eigenvalue weighted by atomic mass is 16.6. The molecule has 1 N–H and O–H groups in total. The Labute approximate surface area is 174 Å². The summed E-state index contributed by atoms with van der Waals surface area (Å²) in [6.45, 7) is 9.90. The topological polar surface area (TPSA) is 108 Å². The Morgan fingerprint density at radius 2 is 2.10 bits per heavy atom. The lowest BCUT2D eigenvalue weighted by molar-refractivity contribution is -0.188. The van der Waals surface area contributed by atoms with E-state index < -0.39 is 47.4 Å². The van der Waals surface area contributed by atoms with Crippen LogP contribution < -0.4 is 0 Å². The fourth-order valence-corrected chi connectivity index (χ4v) is 3.87. The van der Waals surface area contributed by atoms with E-state index in [9.17, 15) is 19.5 Å². The van der Waals surface area contributed by atoms with E-state index in [-0.39, 0.29) is 24.2 Å². The average Bonchev–Trinajstić information content (AvgIpc) is 3.11. The van der Waals surface area contributed by atoms with Crippen molar-refractivity contribution in [3.63, 3.8) is 0 Å². The zero-order valence-corrected chi connectivity index (χ0v) is 17.5. The van der Waals surface area contributed by atoms with E-state index in [2.05, 4.69) is 6.58 Å². The second-order valence-corrected chi connectivity index (χ2v) is 7.96. The summed E-state index contributed by atoms with van der Waals surface area (Å²) in [4.78, 5) is 36.1. The summed E-state index contributed by atoms with van der Waals surface area (Å²) in [7, 11) is 0. The number of esters is 3. The van der Waals surface area contributed by atoms with Crippen LogP contribution in [0.15, 0.2) is 47.6 Å². The first-order valence-electron chi connectivity index (χ1n) is 9.69. The second kappa shape index (κ2) is 7.85. The molecule has 0 aromatic rings. The highest BCUT2D eigenvalue weighted by Gasteiger charge is 2.52. The number of ether oxygens (including phenoxy) is 4. The minimum atomic E-state index is -1.64. The van der Waals surface area contributed by atoms with Crippen molar-refractivity contribution in [2.24, 2.45) is 5.92 Å². The van der Waals surface area contributed by atoms with E-state index in [1.54, 1.807) is 32.9 Å². The summed E-state index contributed by atoms with van der Waals surface area (Å²) < 4.78 is 22.0. The Balaban J connectivity index is 1.94. The van der Waals surface area contributed by atoms with Gasteiger partial charge in [0.15, 0.2) is 0 Å². The van der Waals surface area contributed by atoms with Gasteiger partial charge < -0.3 is 24.1 Å². The van der Waals surface area contributed by atoms with Crippen molar-refractivity contribution < 1.29 is 38.4 Å². The molecule has 3 aliphatic heterocycles. The molecule has 0 saturated carbocycles. The summed E-state index contributed by atoms with van der Waals surface area (Å²) in [6, 6.07) is 0. The number of carbonyl (C=O) groups excluding carboxylic acids is 3. The summed E-state index contributed by atoms with van der Waals surface area (Å²) in [6.07, 6.45) is 4.88. The molecule has 0 radical (unpaired) electrons. The second-order valence-electron chi connectivity index (χ2n) is 7.96. The third kappa shape index (κ3) is 4.11. The van der Waals surface area contributed by atoms with Crippen LogP contribution >= 0.6 is 0 Å². The fraction of sp³-hybridized carbons (Fsp3) is 0.500. The zero-order valence-electron chi connectivity index (χ0n) is 17.5. The Bertz CT molecular complexity index is 882. The lowest BCUT2D eigenvalue weighted by atomic mass is 9.83. The fourth-order valence-electron chi connectivity index (χ4n) is 3.87. The first-order valence-corrected chi connectivity index (χ1v) is 9.69. The summed E-state index contributed by atoms with van der Waals surface area (Å²) in [5, 5.41) is 10.8. The van der Waals surface area contributed by atoms with Crippen molar-refractivity contribution in [3.05, 3.63) is 47.6 Å². The molecule has 3 rings (SSSR count). The Morgan fingerprint density at radius 3 is 2.73 bits per heavy atom. The molecule has 162 valence electrons. The Morgan fingerprint density at radius 1 is 1.40 bits per heavy atom. The van der Waals surface area contributed by atoms with Gasteiger partial charge in [-0.05, 0) is 38.5 Å². The van der Waals surface area contributed by atoms with Crippen LogP contribution in [-0.2, 0) is 33.3 Å². The van der Waals surface area contributed by atoms with E-state index in [1.165, 1.54) is 19.1 Å². The van der Waals surface area contributed by atoms with E-state index >= 15 is 0 Å². The molecule has 0 aromatic heterocycles. The molecule has 5 atom stereocenters. The van der Waals surface area contributed by atoms with Crippen molar-refractivity contribution >= 4 is 17.9 Å². The van der Waals surface area contributed by atoms with Crippen molar-refractivity contribution in [3.8, 4) is 0 Å². The highest BCUT2D eigenvalue weighted by molar-refractivity contribution is 5.92. The average molecular weight is 418 g/mol. The van der Waals surface area contributed by atoms with E-state index in [0.717, 1.165) is 0 Å². The molecule has 0 amide bonds. The number of hydrogen-bond acceptors (Lipinski definition) is 8. The first kappa shape index (κ1) is 22.0. The zero-order chi connectivity index (χ0) is 22.3. The molecule has 30 heavy (non-hydrogen) atoms. The molecule has 8 heteroatoms. The van der Waals surface area contributed by atoms with Gasteiger partial charge in [-0.2, -0.15) is 0 Å². The number of rotatable bonds is 4. The van der Waals surface area contributed by atoms with Crippen LogP contribution in [0.4, 0.5) is 0 Å². The van der Waals surface area contributed by atoms with Crippen LogP contribution in [0.2, 0.25) is 0 Å².